The zero-order chi connectivity index (χ0) is 13.5. The molecular weight excluding hydrogens is 254 g/mol. The predicted molar refractivity (Wildman–Crippen MR) is 74.0 cm³/mol. The predicted octanol–water partition coefficient (Wildman–Crippen LogP) is 2.46. The lowest BCUT2D eigenvalue weighted by Crippen LogP contribution is -2.18. The molecule has 3 aromatic rings. The number of rotatable bonds is 4. The number of hydrogen-bond donors (Lipinski definition) is 1. The molecule has 0 saturated heterocycles. The highest BCUT2D eigenvalue weighted by atomic mass is 16.5. The summed E-state index contributed by atoms with van der Waals surface area (Å²) in [6.07, 6.45) is 5.64. The second-order valence-corrected chi connectivity index (χ2v) is 5.38. The van der Waals surface area contributed by atoms with E-state index >= 15 is 0 Å². The van der Waals surface area contributed by atoms with Crippen LogP contribution in [-0.4, -0.2) is 26.1 Å². The van der Waals surface area contributed by atoms with Gasteiger partial charge in [-0.1, -0.05) is 17.3 Å². The van der Waals surface area contributed by atoms with E-state index in [-0.39, 0.29) is 6.10 Å². The molecule has 1 aliphatic rings. The molecule has 1 saturated carbocycles. The Morgan fingerprint density at radius 1 is 1.35 bits per heavy atom. The quantitative estimate of drug-likeness (QED) is 0.790. The van der Waals surface area contributed by atoms with Gasteiger partial charge >= 0.3 is 0 Å². The van der Waals surface area contributed by atoms with Gasteiger partial charge < -0.3 is 9.63 Å². The van der Waals surface area contributed by atoms with Crippen molar-refractivity contribution in [2.45, 2.75) is 25.5 Å². The van der Waals surface area contributed by atoms with Crippen molar-refractivity contribution in [1.29, 1.82) is 0 Å². The maximum absolute atomic E-state index is 9.96. The van der Waals surface area contributed by atoms with Crippen molar-refractivity contribution in [2.24, 2.45) is 5.92 Å². The Morgan fingerprint density at radius 2 is 2.20 bits per heavy atom. The number of aromatic nitrogens is 3. The highest BCUT2D eigenvalue weighted by molar-refractivity contribution is 5.90. The van der Waals surface area contributed by atoms with Crippen molar-refractivity contribution >= 4 is 11.0 Å². The van der Waals surface area contributed by atoms with Crippen LogP contribution in [-0.2, 0) is 6.54 Å². The molecule has 1 unspecified atom stereocenters. The molecule has 5 nitrogen and oxygen atoms in total. The Labute approximate surface area is 115 Å². The van der Waals surface area contributed by atoms with Crippen molar-refractivity contribution in [3.05, 3.63) is 36.7 Å². The van der Waals surface area contributed by atoms with E-state index in [1.165, 1.54) is 0 Å². The molecule has 5 heteroatoms. The minimum absolute atomic E-state index is 0.295. The van der Waals surface area contributed by atoms with Crippen molar-refractivity contribution in [2.75, 3.05) is 0 Å². The summed E-state index contributed by atoms with van der Waals surface area (Å²) in [6, 6.07) is 7.77. The van der Waals surface area contributed by atoms with Crippen LogP contribution in [0.1, 0.15) is 12.8 Å². The first-order chi connectivity index (χ1) is 9.81. The van der Waals surface area contributed by atoms with Crippen LogP contribution in [0.25, 0.3) is 22.2 Å². The molecule has 102 valence electrons. The third-order valence-corrected chi connectivity index (χ3v) is 3.82. The minimum atomic E-state index is -0.295. The van der Waals surface area contributed by atoms with Crippen LogP contribution in [0.4, 0.5) is 0 Å². The number of hydrogen-bond acceptors (Lipinski definition) is 4. The summed E-state index contributed by atoms with van der Waals surface area (Å²) in [5.74, 6) is 0.454. The van der Waals surface area contributed by atoms with Gasteiger partial charge in [0.05, 0.1) is 18.8 Å². The summed E-state index contributed by atoms with van der Waals surface area (Å²) in [6.45, 7) is 0.542. The largest absolute Gasteiger partial charge is 0.391 e. The van der Waals surface area contributed by atoms with E-state index in [2.05, 4.69) is 10.3 Å². The van der Waals surface area contributed by atoms with Crippen LogP contribution in [0.5, 0.6) is 0 Å². The van der Waals surface area contributed by atoms with E-state index in [1.54, 1.807) is 10.9 Å². The van der Waals surface area contributed by atoms with Crippen LogP contribution >= 0.6 is 0 Å². The van der Waals surface area contributed by atoms with Gasteiger partial charge in [0.1, 0.15) is 5.69 Å². The van der Waals surface area contributed by atoms with Gasteiger partial charge in [-0.3, -0.25) is 4.68 Å². The van der Waals surface area contributed by atoms with E-state index < -0.39 is 0 Å². The molecule has 0 amide bonds. The van der Waals surface area contributed by atoms with E-state index in [0.29, 0.717) is 12.5 Å². The van der Waals surface area contributed by atoms with Crippen molar-refractivity contribution in [1.82, 2.24) is 14.9 Å². The summed E-state index contributed by atoms with van der Waals surface area (Å²) in [5, 5.41) is 19.4. The normalized spacial score (nSPS) is 16.6. The second-order valence-electron chi connectivity index (χ2n) is 5.38. The number of aliphatic hydroxyl groups is 1. The van der Waals surface area contributed by atoms with E-state index in [0.717, 1.165) is 35.1 Å². The van der Waals surface area contributed by atoms with Crippen LogP contribution in [0.2, 0.25) is 0 Å². The summed E-state index contributed by atoms with van der Waals surface area (Å²) < 4.78 is 7.09. The Bertz CT molecular complexity index is 742. The fraction of sp³-hybridized carbons (Fsp3) is 0.333. The summed E-state index contributed by atoms with van der Waals surface area (Å²) in [5.41, 5.74) is 2.49. The molecule has 1 atom stereocenters. The summed E-state index contributed by atoms with van der Waals surface area (Å²) in [4.78, 5) is 0. The number of nitrogens with zero attached hydrogens (tertiary/aromatic N) is 3. The molecule has 0 bridgehead atoms. The Balaban J connectivity index is 1.63. The molecular formula is C15H15N3O2. The SMILES string of the molecule is OC(Cn1cc(-c2noc3ccccc23)cn1)C1CC1. The average molecular weight is 269 g/mol. The first-order valence-corrected chi connectivity index (χ1v) is 6.86. The van der Waals surface area contributed by atoms with Crippen molar-refractivity contribution in [3.8, 4) is 11.3 Å². The van der Waals surface area contributed by atoms with Gasteiger partial charge in [-0.25, -0.2) is 0 Å². The average Bonchev–Trinajstić information content (AvgIpc) is 3.08. The molecule has 2 heterocycles. The van der Waals surface area contributed by atoms with Crippen molar-refractivity contribution < 1.29 is 9.63 Å². The topological polar surface area (TPSA) is 64.1 Å². The van der Waals surface area contributed by atoms with Crippen LogP contribution in [0.15, 0.2) is 41.2 Å². The zero-order valence-corrected chi connectivity index (χ0v) is 10.9. The molecule has 2 aromatic heterocycles. The fourth-order valence-electron chi connectivity index (χ4n) is 2.50. The monoisotopic (exact) mass is 269 g/mol. The first kappa shape index (κ1) is 11.7. The number of benzene rings is 1. The third-order valence-electron chi connectivity index (χ3n) is 3.82. The van der Waals surface area contributed by atoms with E-state index in [9.17, 15) is 5.11 Å². The molecule has 1 N–H and O–H groups in total. The molecule has 4 rings (SSSR count). The molecule has 1 aliphatic carbocycles. The Morgan fingerprint density at radius 3 is 3.05 bits per heavy atom. The third kappa shape index (κ3) is 2.00. The Hall–Kier alpha value is -2.14. The maximum Gasteiger partial charge on any atom is 0.167 e. The highest BCUT2D eigenvalue weighted by Crippen LogP contribution is 2.33. The van der Waals surface area contributed by atoms with Gasteiger partial charge in [0.25, 0.3) is 0 Å². The molecule has 0 aliphatic heterocycles. The minimum Gasteiger partial charge on any atom is -0.391 e. The molecule has 1 fully saturated rings. The maximum atomic E-state index is 9.96. The summed E-state index contributed by atoms with van der Waals surface area (Å²) in [7, 11) is 0. The second kappa shape index (κ2) is 4.45. The van der Waals surface area contributed by atoms with Crippen LogP contribution in [0.3, 0.4) is 0 Å². The van der Waals surface area contributed by atoms with Gasteiger partial charge in [0, 0.05) is 17.1 Å². The van der Waals surface area contributed by atoms with Crippen LogP contribution < -0.4 is 0 Å². The molecule has 0 radical (unpaired) electrons. The molecule has 1 aromatic carbocycles. The first-order valence-electron chi connectivity index (χ1n) is 6.86. The van der Waals surface area contributed by atoms with Gasteiger partial charge in [-0.05, 0) is 30.9 Å². The standard InChI is InChI=1S/C15H15N3O2/c19-13(10-5-6-10)9-18-8-11(7-16-18)15-12-3-1-2-4-14(12)20-17-15/h1-4,7-8,10,13,19H,5-6,9H2. The highest BCUT2D eigenvalue weighted by Gasteiger charge is 2.30. The van der Waals surface area contributed by atoms with Gasteiger partial charge in [-0.15, -0.1) is 0 Å². The number of para-hydroxylation sites is 1. The molecule has 0 spiro atoms. The lowest BCUT2D eigenvalue weighted by atomic mass is 10.1. The number of aliphatic hydroxyl groups excluding tert-OH is 1. The molecule has 20 heavy (non-hydrogen) atoms. The lowest BCUT2D eigenvalue weighted by molar-refractivity contribution is 0.127. The van der Waals surface area contributed by atoms with Gasteiger partial charge in [0.15, 0.2) is 5.58 Å². The van der Waals surface area contributed by atoms with Crippen LogP contribution in [0, 0.1) is 5.92 Å². The zero-order valence-electron chi connectivity index (χ0n) is 10.9. The Kier molecular flexibility index (Phi) is 2.60. The summed E-state index contributed by atoms with van der Waals surface area (Å²) >= 11 is 0. The number of fused-ring (bicyclic) bond motifs is 1. The fourth-order valence-corrected chi connectivity index (χ4v) is 2.50. The lowest BCUT2D eigenvalue weighted by Gasteiger charge is -2.08. The van der Waals surface area contributed by atoms with E-state index in [4.69, 9.17) is 4.52 Å². The van der Waals surface area contributed by atoms with Gasteiger partial charge in [0.2, 0.25) is 0 Å². The van der Waals surface area contributed by atoms with Crippen molar-refractivity contribution in [3.63, 3.8) is 0 Å². The van der Waals surface area contributed by atoms with Gasteiger partial charge in [-0.2, -0.15) is 5.10 Å². The van der Waals surface area contributed by atoms with E-state index in [1.807, 2.05) is 30.5 Å². The smallest absolute Gasteiger partial charge is 0.167 e.